The topological polar surface area (TPSA) is 39.1 Å². The van der Waals surface area contributed by atoms with E-state index in [0.29, 0.717) is 5.56 Å². The number of hydrazine groups is 1. The molecule has 0 aromatic heterocycles. The molecule has 52 heavy (non-hydrogen) atoms. The van der Waals surface area contributed by atoms with Crippen LogP contribution in [0.3, 0.4) is 0 Å². The number of hydrogen-bond acceptors (Lipinski definition) is 3. The first-order valence-electron chi connectivity index (χ1n) is 17.7. The average molecular weight is 664 g/mol. The number of nitrogens with zero attached hydrogens (tertiary/aromatic N) is 2. The van der Waals surface area contributed by atoms with Crippen LogP contribution in [-0.2, 0) is 5.41 Å². The van der Waals surface area contributed by atoms with Crippen molar-refractivity contribution in [1.29, 1.82) is 5.26 Å². The van der Waals surface area contributed by atoms with Gasteiger partial charge in [0.15, 0.2) is 0 Å². The Balaban J connectivity index is 1.10. The molecule has 0 amide bonds. The van der Waals surface area contributed by atoms with Crippen LogP contribution in [0.15, 0.2) is 176 Å². The van der Waals surface area contributed by atoms with E-state index in [1.54, 1.807) is 0 Å². The molecule has 3 aliphatic rings. The third-order valence-corrected chi connectivity index (χ3v) is 11.0. The normalized spacial score (nSPS) is 14.5. The van der Waals surface area contributed by atoms with Crippen LogP contribution in [0.4, 0.5) is 0 Å². The van der Waals surface area contributed by atoms with E-state index in [-0.39, 0.29) is 0 Å². The molecular weight excluding hydrogens is 631 g/mol. The summed E-state index contributed by atoms with van der Waals surface area (Å²) in [5.74, 6) is 0. The van der Waals surface area contributed by atoms with Gasteiger partial charge in [-0.25, -0.2) is 0 Å². The maximum atomic E-state index is 10.0. The molecule has 0 bridgehead atoms. The zero-order valence-electron chi connectivity index (χ0n) is 28.6. The van der Waals surface area contributed by atoms with Gasteiger partial charge in [-0.05, 0) is 91.0 Å². The quantitative estimate of drug-likeness (QED) is 0.204. The molecular formula is C49H33N3. The second-order valence-electron chi connectivity index (χ2n) is 13.8. The van der Waals surface area contributed by atoms with Crippen LogP contribution in [0, 0.1) is 11.3 Å². The molecule has 7 aromatic rings. The largest absolute Gasteiger partial charge is 0.298 e. The lowest BCUT2D eigenvalue weighted by Gasteiger charge is -2.33. The van der Waals surface area contributed by atoms with Crippen LogP contribution in [0.1, 0.15) is 44.5 Å². The lowest BCUT2D eigenvalue weighted by atomic mass is 9.70. The molecule has 0 saturated heterocycles. The van der Waals surface area contributed by atoms with Crippen molar-refractivity contribution in [3.05, 3.63) is 220 Å². The average Bonchev–Trinajstić information content (AvgIpc) is 3.68. The van der Waals surface area contributed by atoms with E-state index in [9.17, 15) is 5.26 Å². The minimum Gasteiger partial charge on any atom is -0.298 e. The van der Waals surface area contributed by atoms with Gasteiger partial charge >= 0.3 is 0 Å². The van der Waals surface area contributed by atoms with Gasteiger partial charge in [0.1, 0.15) is 0 Å². The molecule has 0 radical (unpaired) electrons. The second-order valence-corrected chi connectivity index (χ2v) is 13.8. The number of nitriles is 1. The number of rotatable bonds is 4. The van der Waals surface area contributed by atoms with E-state index in [1.807, 2.05) is 6.07 Å². The summed E-state index contributed by atoms with van der Waals surface area (Å²) in [6, 6.07) is 63.2. The molecule has 1 N–H and O–H groups in total. The molecule has 3 nitrogen and oxygen atoms in total. The van der Waals surface area contributed by atoms with Crippen LogP contribution < -0.4 is 5.43 Å². The van der Waals surface area contributed by atoms with Gasteiger partial charge in [0, 0.05) is 18.2 Å². The first kappa shape index (κ1) is 30.0. The highest BCUT2D eigenvalue weighted by Gasteiger charge is 2.51. The van der Waals surface area contributed by atoms with E-state index in [0.717, 1.165) is 28.1 Å². The predicted molar refractivity (Wildman–Crippen MR) is 211 cm³/mol. The Morgan fingerprint density at radius 3 is 1.65 bits per heavy atom. The number of allylic oxidation sites excluding steroid dienone is 2. The van der Waals surface area contributed by atoms with Gasteiger partial charge in [-0.15, -0.1) is 0 Å². The van der Waals surface area contributed by atoms with Gasteiger partial charge in [-0.1, -0.05) is 152 Å². The third-order valence-electron chi connectivity index (χ3n) is 11.0. The minimum atomic E-state index is -0.501. The van der Waals surface area contributed by atoms with Crippen molar-refractivity contribution in [1.82, 2.24) is 10.4 Å². The maximum Gasteiger partial charge on any atom is 0.0991 e. The number of hydrogen-bond donors (Lipinski definition) is 1. The molecule has 1 heterocycles. The van der Waals surface area contributed by atoms with Gasteiger partial charge in [-0.3, -0.25) is 10.4 Å². The van der Waals surface area contributed by atoms with E-state index in [1.165, 1.54) is 61.2 Å². The molecule has 1 spiro atoms. The van der Waals surface area contributed by atoms with Crippen LogP contribution in [-0.4, -0.2) is 12.1 Å². The summed E-state index contributed by atoms with van der Waals surface area (Å²) >= 11 is 0. The molecule has 0 unspecified atom stereocenters. The first-order chi connectivity index (χ1) is 25.6. The fourth-order valence-corrected chi connectivity index (χ4v) is 8.82. The Labute approximate surface area is 304 Å². The van der Waals surface area contributed by atoms with E-state index in [2.05, 4.69) is 193 Å². The first-order valence-corrected chi connectivity index (χ1v) is 17.7. The molecule has 244 valence electrons. The van der Waals surface area contributed by atoms with Crippen LogP contribution in [0.2, 0.25) is 0 Å². The van der Waals surface area contributed by atoms with Gasteiger partial charge in [-0.2, -0.15) is 5.26 Å². The summed E-state index contributed by atoms with van der Waals surface area (Å²) in [7, 11) is 2.09. The Morgan fingerprint density at radius 2 is 1.00 bits per heavy atom. The van der Waals surface area contributed by atoms with Crippen molar-refractivity contribution in [2.24, 2.45) is 0 Å². The predicted octanol–water partition coefficient (Wildman–Crippen LogP) is 10.9. The van der Waals surface area contributed by atoms with Crippen LogP contribution >= 0.6 is 0 Å². The zero-order valence-corrected chi connectivity index (χ0v) is 28.6. The Hall–Kier alpha value is -6.89. The third kappa shape index (κ3) is 4.31. The molecule has 3 heteroatoms. The molecule has 0 saturated carbocycles. The summed E-state index contributed by atoms with van der Waals surface area (Å²) < 4.78 is 0. The molecule has 1 aliphatic heterocycles. The number of benzene rings is 7. The smallest absolute Gasteiger partial charge is 0.0991 e. The highest BCUT2D eigenvalue weighted by molar-refractivity contribution is 6.00. The second kappa shape index (κ2) is 11.6. The van der Waals surface area contributed by atoms with Crippen molar-refractivity contribution in [3.63, 3.8) is 0 Å². The molecule has 7 aromatic carbocycles. The SMILES string of the molecule is CN1NC(c2ccc(-c3ccc4c(c3)C3(c5ccccc5-c5ccccc53)c3cc(C#N)ccc3-4)cc2)=CC(c2ccccc2)=C1c1ccccc1. The Kier molecular flexibility index (Phi) is 6.68. The van der Waals surface area contributed by atoms with Gasteiger partial charge < -0.3 is 0 Å². The van der Waals surface area contributed by atoms with Crippen LogP contribution in [0.25, 0.3) is 50.3 Å². The standard InChI is InChI=1S/C49H33N3/c1-52-48(36-14-6-3-7-15-36)42(34-12-4-2-5-13-34)30-47(51-52)35-23-21-33(22-24-35)37-25-27-41-40-26-20-32(31-50)28-45(40)49(46(41)29-37)43-18-10-8-16-38(43)39-17-9-11-19-44(39)49/h2-30,51H,1H3. The fourth-order valence-electron chi connectivity index (χ4n) is 8.82. The number of fused-ring (bicyclic) bond motifs is 10. The number of nitrogens with one attached hydrogen (secondary N) is 1. The monoisotopic (exact) mass is 663 g/mol. The highest BCUT2D eigenvalue weighted by atomic mass is 15.5. The summed E-state index contributed by atoms with van der Waals surface area (Å²) in [6.45, 7) is 0. The van der Waals surface area contributed by atoms with Crippen LogP contribution in [0.5, 0.6) is 0 Å². The summed E-state index contributed by atoms with van der Waals surface area (Å²) in [4.78, 5) is 0. The molecule has 2 aliphatic carbocycles. The fraction of sp³-hybridized carbons (Fsp3) is 0.0408. The van der Waals surface area contributed by atoms with E-state index >= 15 is 0 Å². The van der Waals surface area contributed by atoms with Crippen molar-refractivity contribution < 1.29 is 0 Å². The molecule has 0 fully saturated rings. The van der Waals surface area contributed by atoms with Crippen molar-refractivity contribution in [3.8, 4) is 39.4 Å². The van der Waals surface area contributed by atoms with Crippen molar-refractivity contribution in [2.45, 2.75) is 5.41 Å². The lowest BCUT2D eigenvalue weighted by Crippen LogP contribution is -2.34. The summed E-state index contributed by atoms with van der Waals surface area (Å²) in [6.07, 6.45) is 2.27. The Morgan fingerprint density at radius 1 is 0.481 bits per heavy atom. The minimum absolute atomic E-state index is 0.501. The van der Waals surface area contributed by atoms with E-state index < -0.39 is 5.41 Å². The zero-order chi connectivity index (χ0) is 34.8. The van der Waals surface area contributed by atoms with Crippen molar-refractivity contribution in [2.75, 3.05) is 7.05 Å². The Bertz CT molecular complexity index is 2610. The van der Waals surface area contributed by atoms with Gasteiger partial charge in [0.2, 0.25) is 0 Å². The van der Waals surface area contributed by atoms with Crippen molar-refractivity contribution >= 4 is 17.0 Å². The maximum absolute atomic E-state index is 10.0. The molecule has 10 rings (SSSR count). The highest BCUT2D eigenvalue weighted by Crippen LogP contribution is 2.63. The summed E-state index contributed by atoms with van der Waals surface area (Å²) in [5, 5.41) is 12.1. The lowest BCUT2D eigenvalue weighted by molar-refractivity contribution is 0.419. The van der Waals surface area contributed by atoms with Gasteiger partial charge in [0.25, 0.3) is 0 Å². The van der Waals surface area contributed by atoms with E-state index in [4.69, 9.17) is 0 Å². The molecule has 0 atom stereocenters. The summed E-state index contributed by atoms with van der Waals surface area (Å²) in [5.41, 5.74) is 22.9. The van der Waals surface area contributed by atoms with Gasteiger partial charge in [0.05, 0.1) is 28.4 Å².